The second-order valence-electron chi connectivity index (χ2n) is 6.00. The van der Waals surface area contributed by atoms with Crippen molar-refractivity contribution >= 4 is 17.7 Å². The van der Waals surface area contributed by atoms with Crippen molar-refractivity contribution in [3.05, 3.63) is 0 Å². The Balaban J connectivity index is 2.12. The number of hydrogen-bond acceptors (Lipinski definition) is 5. The summed E-state index contributed by atoms with van der Waals surface area (Å²) in [5, 5.41) is 0. The van der Waals surface area contributed by atoms with Gasteiger partial charge in [-0.15, -0.1) is 0 Å². The molecule has 124 valence electrons. The highest BCUT2D eigenvalue weighted by atomic mass is 16.5. The highest BCUT2D eigenvalue weighted by Crippen LogP contribution is 2.33. The molecule has 0 bridgehead atoms. The first-order valence-electron chi connectivity index (χ1n) is 8.13. The van der Waals surface area contributed by atoms with Crippen molar-refractivity contribution < 1.29 is 23.9 Å². The number of amides is 1. The third-order valence-electron chi connectivity index (χ3n) is 4.73. The van der Waals surface area contributed by atoms with E-state index in [9.17, 15) is 14.4 Å². The van der Waals surface area contributed by atoms with Crippen LogP contribution < -0.4 is 0 Å². The molecule has 0 radical (unpaired) electrons. The van der Waals surface area contributed by atoms with Gasteiger partial charge in [-0.05, 0) is 32.6 Å². The Hall–Kier alpha value is -1.43. The number of carbonyl (C=O) groups excluding carboxylic acids is 3. The molecule has 22 heavy (non-hydrogen) atoms. The van der Waals surface area contributed by atoms with Crippen molar-refractivity contribution in [2.75, 3.05) is 20.3 Å². The zero-order chi connectivity index (χ0) is 16.2. The lowest BCUT2D eigenvalue weighted by Crippen LogP contribution is -2.53. The molecule has 1 saturated carbocycles. The first-order valence-corrected chi connectivity index (χ1v) is 8.13. The number of likely N-dealkylation sites (tertiary alicyclic amines) is 1. The number of rotatable bonds is 5. The van der Waals surface area contributed by atoms with Crippen LogP contribution in [0.5, 0.6) is 0 Å². The Kier molecular flexibility index (Phi) is 5.56. The summed E-state index contributed by atoms with van der Waals surface area (Å²) < 4.78 is 10.5. The predicted molar refractivity (Wildman–Crippen MR) is 79.2 cm³/mol. The van der Waals surface area contributed by atoms with Gasteiger partial charge >= 0.3 is 5.97 Å². The Morgan fingerprint density at radius 2 is 1.82 bits per heavy atom. The van der Waals surface area contributed by atoms with Crippen LogP contribution in [0.2, 0.25) is 0 Å². The molecule has 1 heterocycles. The third kappa shape index (κ3) is 3.16. The summed E-state index contributed by atoms with van der Waals surface area (Å²) in [6, 6.07) is -0.631. The molecular weight excluding hydrogens is 286 g/mol. The van der Waals surface area contributed by atoms with Crippen LogP contribution in [0.25, 0.3) is 0 Å². The quantitative estimate of drug-likeness (QED) is 0.568. The number of hydrogen-bond donors (Lipinski definition) is 0. The molecule has 2 aliphatic rings. The molecule has 2 fully saturated rings. The van der Waals surface area contributed by atoms with Gasteiger partial charge in [0.15, 0.2) is 0 Å². The Labute approximate surface area is 131 Å². The minimum absolute atomic E-state index is 0.271. The number of ketones is 1. The average molecular weight is 311 g/mol. The van der Waals surface area contributed by atoms with Crippen LogP contribution in [-0.2, 0) is 23.9 Å². The van der Waals surface area contributed by atoms with Gasteiger partial charge in [-0.3, -0.25) is 9.59 Å². The van der Waals surface area contributed by atoms with Crippen LogP contribution in [0.4, 0.5) is 0 Å². The second kappa shape index (κ2) is 7.22. The fourth-order valence-corrected chi connectivity index (χ4v) is 3.47. The minimum atomic E-state index is -1.00. The average Bonchev–Trinajstić information content (AvgIpc) is 3.04. The van der Waals surface area contributed by atoms with Gasteiger partial charge in [-0.25, -0.2) is 4.79 Å². The summed E-state index contributed by atoms with van der Waals surface area (Å²) >= 11 is 0. The first-order chi connectivity index (χ1) is 10.6. The van der Waals surface area contributed by atoms with Crippen LogP contribution in [-0.4, -0.2) is 54.5 Å². The minimum Gasteiger partial charge on any atom is -0.464 e. The molecule has 0 N–H and O–H groups in total. The normalized spacial score (nSPS) is 24.1. The lowest BCUT2D eigenvalue weighted by molar-refractivity contribution is -0.163. The summed E-state index contributed by atoms with van der Waals surface area (Å²) in [4.78, 5) is 38.6. The van der Waals surface area contributed by atoms with Crippen LogP contribution >= 0.6 is 0 Å². The topological polar surface area (TPSA) is 72.9 Å². The Bertz CT molecular complexity index is 442. The van der Waals surface area contributed by atoms with Gasteiger partial charge in [0, 0.05) is 13.7 Å². The van der Waals surface area contributed by atoms with Gasteiger partial charge in [-0.2, -0.15) is 0 Å². The summed E-state index contributed by atoms with van der Waals surface area (Å²) in [5.74, 6) is -1.53. The molecule has 6 heteroatoms. The van der Waals surface area contributed by atoms with E-state index in [-0.39, 0.29) is 6.61 Å². The van der Waals surface area contributed by atoms with Crippen molar-refractivity contribution in [2.24, 2.45) is 0 Å². The molecule has 0 spiro atoms. The Morgan fingerprint density at radius 1 is 1.14 bits per heavy atom. The van der Waals surface area contributed by atoms with Crippen LogP contribution in [0, 0.1) is 0 Å². The summed E-state index contributed by atoms with van der Waals surface area (Å²) in [7, 11) is 1.49. The molecule has 1 amide bonds. The zero-order valence-electron chi connectivity index (χ0n) is 13.4. The third-order valence-corrected chi connectivity index (χ3v) is 4.73. The fourth-order valence-electron chi connectivity index (χ4n) is 3.47. The van der Waals surface area contributed by atoms with Crippen molar-refractivity contribution in [1.82, 2.24) is 4.90 Å². The number of Topliss-reactive ketones (excluding diaryl/α,β-unsaturated/α-hetero) is 1. The molecular formula is C16H25NO5. The number of carbonyl (C=O) groups is 3. The van der Waals surface area contributed by atoms with E-state index < -0.39 is 29.3 Å². The SMILES string of the molecule is CCOC(=O)[C@@H]1CCCN1C(=O)C(=O)C1(OC)CCCCC1. The maximum atomic E-state index is 12.7. The highest BCUT2D eigenvalue weighted by molar-refractivity contribution is 6.39. The first kappa shape index (κ1) is 16.9. The molecule has 6 nitrogen and oxygen atoms in total. The molecule has 2 rings (SSSR count). The molecule has 0 aromatic heterocycles. The van der Waals surface area contributed by atoms with Gasteiger partial charge in [0.25, 0.3) is 11.7 Å². The van der Waals surface area contributed by atoms with E-state index >= 15 is 0 Å². The summed E-state index contributed by atoms with van der Waals surface area (Å²) in [5.41, 5.74) is -1.00. The standard InChI is InChI=1S/C16H25NO5/c1-3-22-15(20)12-8-7-11-17(12)14(19)13(18)16(21-2)9-5-4-6-10-16/h12H,3-11H2,1-2H3/t12-/m0/s1. The molecule has 0 aromatic carbocycles. The fraction of sp³-hybridized carbons (Fsp3) is 0.812. The van der Waals surface area contributed by atoms with Gasteiger partial charge in [0.1, 0.15) is 11.6 Å². The number of esters is 1. The zero-order valence-corrected chi connectivity index (χ0v) is 13.4. The van der Waals surface area contributed by atoms with Crippen molar-refractivity contribution in [3.8, 4) is 0 Å². The van der Waals surface area contributed by atoms with Crippen molar-refractivity contribution in [1.29, 1.82) is 0 Å². The van der Waals surface area contributed by atoms with E-state index in [1.807, 2.05) is 0 Å². The van der Waals surface area contributed by atoms with Crippen molar-refractivity contribution in [2.45, 2.75) is 63.5 Å². The molecule has 1 aliphatic carbocycles. The molecule has 1 atom stereocenters. The van der Waals surface area contributed by atoms with E-state index in [4.69, 9.17) is 9.47 Å². The summed E-state index contributed by atoms with van der Waals surface area (Å²) in [6.45, 7) is 2.42. The monoisotopic (exact) mass is 311 g/mol. The van der Waals surface area contributed by atoms with E-state index in [0.29, 0.717) is 32.2 Å². The predicted octanol–water partition coefficient (Wildman–Crippen LogP) is 1.46. The number of nitrogens with zero attached hydrogens (tertiary/aromatic N) is 1. The van der Waals surface area contributed by atoms with Gasteiger partial charge in [-0.1, -0.05) is 19.3 Å². The van der Waals surface area contributed by atoms with Crippen molar-refractivity contribution in [3.63, 3.8) is 0 Å². The largest absolute Gasteiger partial charge is 0.464 e. The maximum Gasteiger partial charge on any atom is 0.328 e. The maximum absolute atomic E-state index is 12.7. The van der Waals surface area contributed by atoms with E-state index in [1.54, 1.807) is 6.92 Å². The van der Waals surface area contributed by atoms with Crippen LogP contribution in [0.1, 0.15) is 51.9 Å². The van der Waals surface area contributed by atoms with E-state index in [0.717, 1.165) is 19.3 Å². The number of ether oxygens (including phenoxy) is 2. The van der Waals surface area contributed by atoms with E-state index in [2.05, 4.69) is 0 Å². The van der Waals surface area contributed by atoms with Crippen LogP contribution in [0.15, 0.2) is 0 Å². The molecule has 0 aromatic rings. The van der Waals surface area contributed by atoms with Gasteiger partial charge in [0.2, 0.25) is 0 Å². The Morgan fingerprint density at radius 3 is 2.41 bits per heavy atom. The smallest absolute Gasteiger partial charge is 0.328 e. The van der Waals surface area contributed by atoms with Gasteiger partial charge < -0.3 is 14.4 Å². The molecule has 1 aliphatic heterocycles. The summed E-state index contributed by atoms with van der Waals surface area (Å²) in [6.07, 6.45) is 5.24. The highest BCUT2D eigenvalue weighted by Gasteiger charge is 2.47. The lowest BCUT2D eigenvalue weighted by Gasteiger charge is -2.35. The molecule has 0 unspecified atom stereocenters. The number of methoxy groups -OCH3 is 1. The van der Waals surface area contributed by atoms with E-state index in [1.165, 1.54) is 12.0 Å². The lowest BCUT2D eigenvalue weighted by atomic mass is 9.81. The second-order valence-corrected chi connectivity index (χ2v) is 6.00. The van der Waals surface area contributed by atoms with Crippen LogP contribution in [0.3, 0.4) is 0 Å². The van der Waals surface area contributed by atoms with Gasteiger partial charge in [0.05, 0.1) is 6.61 Å². The molecule has 1 saturated heterocycles.